The number of para-hydroxylation sites is 1. The number of carboxylic acid groups (broad SMARTS) is 1. The minimum atomic E-state index is -1.07. The Kier molecular flexibility index (Phi) is 7.91. The van der Waals surface area contributed by atoms with Crippen LogP contribution in [0.15, 0.2) is 54.7 Å². The molecule has 184 valence electrons. The van der Waals surface area contributed by atoms with Crippen LogP contribution in [0.1, 0.15) is 37.5 Å². The molecule has 0 aliphatic carbocycles. The summed E-state index contributed by atoms with van der Waals surface area (Å²) in [6, 6.07) is 12.8. The summed E-state index contributed by atoms with van der Waals surface area (Å²) in [5.41, 5.74) is 1.90. The highest BCUT2D eigenvalue weighted by Gasteiger charge is 2.27. The summed E-state index contributed by atoms with van der Waals surface area (Å²) in [7, 11) is 0. The predicted molar refractivity (Wildman–Crippen MR) is 129 cm³/mol. The number of hydrogen-bond acceptors (Lipinski definition) is 6. The first-order valence-electron chi connectivity index (χ1n) is 11.0. The minimum absolute atomic E-state index is 0.0607. The van der Waals surface area contributed by atoms with Crippen molar-refractivity contribution in [3.63, 3.8) is 0 Å². The number of esters is 1. The number of alkyl carbamates (subject to hydrolysis) is 1. The lowest BCUT2D eigenvalue weighted by molar-refractivity contribution is -0.147. The lowest BCUT2D eigenvalue weighted by atomic mass is 10.0. The van der Waals surface area contributed by atoms with E-state index in [1.807, 2.05) is 12.1 Å². The lowest BCUT2D eigenvalue weighted by Crippen LogP contribution is -2.45. The molecule has 0 saturated heterocycles. The molecule has 1 aromatic heterocycles. The first-order valence-corrected chi connectivity index (χ1v) is 11.0. The molecule has 35 heavy (non-hydrogen) atoms. The molecule has 3 rings (SSSR count). The van der Waals surface area contributed by atoms with Crippen LogP contribution < -0.4 is 5.32 Å². The zero-order valence-corrected chi connectivity index (χ0v) is 19.8. The summed E-state index contributed by atoms with van der Waals surface area (Å²) in [5.74, 6) is -1.61. The average molecular weight is 481 g/mol. The third-order valence-electron chi connectivity index (χ3n) is 5.10. The molecule has 0 spiro atoms. The summed E-state index contributed by atoms with van der Waals surface area (Å²) in [6.07, 6.45) is 1.51. The summed E-state index contributed by atoms with van der Waals surface area (Å²) in [6.45, 7) is 5.08. The van der Waals surface area contributed by atoms with Crippen molar-refractivity contribution in [1.82, 2.24) is 9.88 Å². The molecule has 0 aliphatic heterocycles. The predicted octanol–water partition coefficient (Wildman–Crippen LogP) is 3.49. The third-order valence-corrected chi connectivity index (χ3v) is 5.10. The Labute approximate surface area is 202 Å². The van der Waals surface area contributed by atoms with Gasteiger partial charge in [-0.25, -0.2) is 9.59 Å². The van der Waals surface area contributed by atoms with Gasteiger partial charge in [-0.05, 0) is 43.5 Å². The monoisotopic (exact) mass is 480 g/mol. The van der Waals surface area contributed by atoms with Gasteiger partial charge in [-0.3, -0.25) is 14.2 Å². The van der Waals surface area contributed by atoms with Crippen molar-refractivity contribution in [2.24, 2.45) is 0 Å². The maximum atomic E-state index is 13.0. The van der Waals surface area contributed by atoms with Gasteiger partial charge in [0.1, 0.15) is 18.2 Å². The average Bonchev–Trinajstić information content (AvgIpc) is 3.14. The highest BCUT2D eigenvalue weighted by atomic mass is 16.6. The quantitative estimate of drug-likeness (QED) is 0.355. The Bertz CT molecular complexity index is 1220. The third kappa shape index (κ3) is 7.17. The number of hydrogen-bond donors (Lipinski definition) is 2. The van der Waals surface area contributed by atoms with Crippen molar-refractivity contribution in [2.45, 2.75) is 51.9 Å². The molecule has 9 heteroatoms. The maximum absolute atomic E-state index is 13.0. The van der Waals surface area contributed by atoms with Crippen LogP contribution in [0.4, 0.5) is 4.79 Å². The molecule has 0 radical (unpaired) electrons. The number of fused-ring (bicyclic) bond motifs is 1. The van der Waals surface area contributed by atoms with Crippen molar-refractivity contribution in [3.05, 3.63) is 71.4 Å². The molecular formula is C26H28N2O7. The van der Waals surface area contributed by atoms with E-state index < -0.39 is 29.7 Å². The van der Waals surface area contributed by atoms with E-state index in [9.17, 15) is 19.2 Å². The number of aromatic nitrogens is 1. The number of carboxylic acids is 1. The standard InChI is InChI=1S/C26H28N2O7/c1-26(2,3)35-25(33)27-21(13-19-14-28(16-29)22-7-5-4-6-20(19)22)24(32)34-15-18-10-8-17(9-11-18)12-23(30)31/h4-11,14,16,21H,12-13,15H2,1-3H3,(H,27,33)(H,30,31)/t21-/m0/s1. The van der Waals surface area contributed by atoms with Gasteiger partial charge in [-0.15, -0.1) is 0 Å². The van der Waals surface area contributed by atoms with Crippen LogP contribution in [0.2, 0.25) is 0 Å². The summed E-state index contributed by atoms with van der Waals surface area (Å²) in [4.78, 5) is 47.8. The van der Waals surface area contributed by atoms with E-state index >= 15 is 0 Å². The van der Waals surface area contributed by atoms with Gasteiger partial charge in [-0.1, -0.05) is 42.5 Å². The summed E-state index contributed by atoms with van der Waals surface area (Å²) < 4.78 is 12.2. The van der Waals surface area contributed by atoms with Crippen molar-refractivity contribution < 1.29 is 33.8 Å². The van der Waals surface area contributed by atoms with Gasteiger partial charge < -0.3 is 19.9 Å². The number of benzene rings is 2. The highest BCUT2D eigenvalue weighted by molar-refractivity contribution is 5.90. The number of carbonyl (C=O) groups is 4. The van der Waals surface area contributed by atoms with E-state index in [0.29, 0.717) is 28.6 Å². The summed E-state index contributed by atoms with van der Waals surface area (Å²) in [5, 5.41) is 12.2. The molecule has 0 bridgehead atoms. The van der Waals surface area contributed by atoms with E-state index in [4.69, 9.17) is 14.6 Å². The zero-order chi connectivity index (χ0) is 25.6. The van der Waals surface area contributed by atoms with Gasteiger partial charge in [0.05, 0.1) is 11.9 Å². The highest BCUT2D eigenvalue weighted by Crippen LogP contribution is 2.22. The van der Waals surface area contributed by atoms with Crippen molar-refractivity contribution >= 4 is 35.3 Å². The van der Waals surface area contributed by atoms with Gasteiger partial charge in [-0.2, -0.15) is 0 Å². The topological polar surface area (TPSA) is 124 Å². The normalized spacial score (nSPS) is 12.1. The second-order valence-corrected chi connectivity index (χ2v) is 9.08. The fraction of sp³-hybridized carbons (Fsp3) is 0.308. The molecule has 0 saturated carbocycles. The van der Waals surface area contributed by atoms with Gasteiger partial charge in [0, 0.05) is 18.0 Å². The molecule has 1 amide bonds. The number of nitrogens with one attached hydrogen (secondary N) is 1. The number of aliphatic carboxylic acids is 1. The number of rotatable bonds is 9. The molecule has 1 heterocycles. The molecule has 9 nitrogen and oxygen atoms in total. The molecule has 2 N–H and O–H groups in total. The van der Waals surface area contributed by atoms with Crippen LogP contribution in [-0.2, 0) is 43.3 Å². The molecule has 0 aliphatic rings. The van der Waals surface area contributed by atoms with Gasteiger partial charge in [0.2, 0.25) is 6.41 Å². The lowest BCUT2D eigenvalue weighted by Gasteiger charge is -2.23. The molecule has 0 fully saturated rings. The number of amides is 1. The van der Waals surface area contributed by atoms with Crippen LogP contribution in [0, 0.1) is 0 Å². The molecule has 1 atom stereocenters. The maximum Gasteiger partial charge on any atom is 0.408 e. The Morgan fingerprint density at radius 2 is 1.71 bits per heavy atom. The Morgan fingerprint density at radius 1 is 1.06 bits per heavy atom. The minimum Gasteiger partial charge on any atom is -0.481 e. The Balaban J connectivity index is 1.77. The smallest absolute Gasteiger partial charge is 0.408 e. The van der Waals surface area contributed by atoms with Crippen LogP contribution in [0.5, 0.6) is 0 Å². The Hall–Kier alpha value is -4.14. The fourth-order valence-electron chi connectivity index (χ4n) is 3.57. The summed E-state index contributed by atoms with van der Waals surface area (Å²) >= 11 is 0. The van der Waals surface area contributed by atoms with E-state index in [1.54, 1.807) is 63.4 Å². The number of nitrogens with zero attached hydrogens (tertiary/aromatic N) is 1. The van der Waals surface area contributed by atoms with Gasteiger partial charge in [0.25, 0.3) is 0 Å². The molecular weight excluding hydrogens is 452 g/mol. The van der Waals surface area contributed by atoms with Crippen LogP contribution in [-0.4, -0.2) is 45.8 Å². The zero-order valence-electron chi connectivity index (χ0n) is 19.8. The first-order chi connectivity index (χ1) is 16.6. The number of carbonyl (C=O) groups excluding carboxylic acids is 3. The second-order valence-electron chi connectivity index (χ2n) is 9.08. The first kappa shape index (κ1) is 25.5. The largest absolute Gasteiger partial charge is 0.481 e. The fourth-order valence-corrected chi connectivity index (χ4v) is 3.57. The van der Waals surface area contributed by atoms with E-state index in [1.165, 1.54) is 4.57 Å². The van der Waals surface area contributed by atoms with Crippen LogP contribution in [0.3, 0.4) is 0 Å². The second kappa shape index (κ2) is 10.9. The Morgan fingerprint density at radius 3 is 2.34 bits per heavy atom. The van der Waals surface area contributed by atoms with Crippen molar-refractivity contribution in [3.8, 4) is 0 Å². The molecule has 3 aromatic rings. The van der Waals surface area contributed by atoms with Crippen LogP contribution in [0.25, 0.3) is 10.9 Å². The van der Waals surface area contributed by atoms with E-state index in [-0.39, 0.29) is 19.4 Å². The van der Waals surface area contributed by atoms with Crippen LogP contribution >= 0.6 is 0 Å². The van der Waals surface area contributed by atoms with Gasteiger partial charge in [0.15, 0.2) is 0 Å². The SMILES string of the molecule is CC(C)(C)OC(=O)N[C@@H](Cc1cn(C=O)c2ccccc12)C(=O)OCc1ccc(CC(=O)O)cc1. The van der Waals surface area contributed by atoms with Gasteiger partial charge >= 0.3 is 18.0 Å². The van der Waals surface area contributed by atoms with Crippen molar-refractivity contribution in [2.75, 3.05) is 0 Å². The van der Waals surface area contributed by atoms with E-state index in [2.05, 4.69) is 5.32 Å². The van der Waals surface area contributed by atoms with E-state index in [0.717, 1.165) is 5.39 Å². The molecule has 0 unspecified atom stereocenters. The van der Waals surface area contributed by atoms with Crippen molar-refractivity contribution in [1.29, 1.82) is 0 Å². The number of ether oxygens (including phenoxy) is 2. The molecule has 2 aromatic carbocycles.